The Balaban J connectivity index is 1.27. The number of hydrogen-bond acceptors (Lipinski definition) is 2. The second kappa shape index (κ2) is 3.79. The predicted octanol–water partition coefficient (Wildman–Crippen LogP) is 2.17. The number of carbonyl (C=O) groups is 1. The molecule has 0 aromatic heterocycles. The van der Waals surface area contributed by atoms with Crippen LogP contribution in [0.3, 0.4) is 0 Å². The summed E-state index contributed by atoms with van der Waals surface area (Å²) in [4.78, 5) is 14.8. The second-order valence-corrected chi connectivity index (χ2v) is 8.35. The van der Waals surface area contributed by atoms with Crippen LogP contribution in [0.2, 0.25) is 0 Å². The van der Waals surface area contributed by atoms with Crippen molar-refractivity contribution in [2.75, 3.05) is 19.6 Å². The van der Waals surface area contributed by atoms with E-state index >= 15 is 0 Å². The molecule has 4 aliphatic carbocycles. The number of amides is 1. The van der Waals surface area contributed by atoms with Crippen molar-refractivity contribution in [3.8, 4) is 0 Å². The Hall–Kier alpha value is -0.570. The van der Waals surface area contributed by atoms with E-state index < -0.39 is 0 Å². The molecule has 3 nitrogen and oxygen atoms in total. The summed E-state index contributed by atoms with van der Waals surface area (Å²) in [5, 5.41) is 3.54. The van der Waals surface area contributed by atoms with Crippen molar-refractivity contribution in [2.24, 2.45) is 23.2 Å². The van der Waals surface area contributed by atoms with Gasteiger partial charge in [-0.1, -0.05) is 6.42 Å². The summed E-state index contributed by atoms with van der Waals surface area (Å²) in [6, 6.07) is 0. The topological polar surface area (TPSA) is 32.3 Å². The lowest BCUT2D eigenvalue weighted by Crippen LogP contribution is -2.77. The minimum Gasteiger partial charge on any atom is -0.349 e. The van der Waals surface area contributed by atoms with Gasteiger partial charge in [-0.15, -0.1) is 0 Å². The highest BCUT2D eigenvalue weighted by molar-refractivity contribution is 5.79. The van der Waals surface area contributed by atoms with Gasteiger partial charge in [0.1, 0.15) is 0 Å². The third-order valence-corrected chi connectivity index (χ3v) is 7.59. The maximum atomic E-state index is 12.5. The molecule has 110 valence electrons. The first-order valence-corrected chi connectivity index (χ1v) is 8.75. The Morgan fingerprint density at radius 1 is 1.05 bits per heavy atom. The summed E-state index contributed by atoms with van der Waals surface area (Å²) in [6.07, 6.45) is 10.9. The summed E-state index contributed by atoms with van der Waals surface area (Å²) in [6.45, 7) is 2.90. The van der Waals surface area contributed by atoms with E-state index in [1.165, 1.54) is 51.4 Å². The Labute approximate surface area is 121 Å². The van der Waals surface area contributed by atoms with Gasteiger partial charge in [-0.2, -0.15) is 0 Å². The lowest BCUT2D eigenvalue weighted by Gasteiger charge is -2.72. The van der Waals surface area contributed by atoms with Gasteiger partial charge in [0.25, 0.3) is 0 Å². The van der Waals surface area contributed by atoms with Crippen molar-refractivity contribution in [1.82, 2.24) is 10.2 Å². The molecule has 5 fully saturated rings. The summed E-state index contributed by atoms with van der Waals surface area (Å²) in [5.74, 6) is 3.19. The molecule has 3 heteroatoms. The van der Waals surface area contributed by atoms with Crippen LogP contribution in [0.4, 0.5) is 0 Å². The zero-order chi connectivity index (χ0) is 13.4. The number of nitrogens with zero attached hydrogens (tertiary/aromatic N) is 1. The lowest BCUT2D eigenvalue weighted by molar-refractivity contribution is -0.207. The summed E-state index contributed by atoms with van der Waals surface area (Å²) in [5.41, 5.74) is 0.825. The molecule has 0 aromatic carbocycles. The third kappa shape index (κ3) is 1.29. The van der Waals surface area contributed by atoms with Gasteiger partial charge < -0.3 is 5.32 Å². The molecule has 1 saturated heterocycles. The number of hydrogen-bond donors (Lipinski definition) is 1. The standard InChI is InChI=1S/C17H26N2O/c20-15(11-19-4-2-1-3-5-19)18-16-8-12-6-13-7-14(10-16)17(13,16)9-12/h12-14H,1-11H2,(H,18,20). The van der Waals surface area contributed by atoms with E-state index in [9.17, 15) is 4.79 Å². The number of likely N-dealkylation sites (tertiary alicyclic amines) is 1. The highest BCUT2D eigenvalue weighted by Crippen LogP contribution is 2.82. The number of piperidine rings is 1. The minimum atomic E-state index is 0.246. The maximum Gasteiger partial charge on any atom is 0.234 e. The zero-order valence-corrected chi connectivity index (χ0v) is 12.4. The normalized spacial score (nSPS) is 52.1. The summed E-state index contributed by atoms with van der Waals surface area (Å²) in [7, 11) is 0. The first kappa shape index (κ1) is 12.0. The molecule has 0 radical (unpaired) electrons. The highest BCUT2D eigenvalue weighted by atomic mass is 16.2. The van der Waals surface area contributed by atoms with Crippen molar-refractivity contribution in [3.63, 3.8) is 0 Å². The average molecular weight is 274 g/mol. The molecule has 1 spiro atoms. The fourth-order valence-electron chi connectivity index (χ4n) is 7.03. The van der Waals surface area contributed by atoms with Gasteiger partial charge in [-0.25, -0.2) is 0 Å². The average Bonchev–Trinajstić information content (AvgIpc) is 2.88. The van der Waals surface area contributed by atoms with Crippen LogP contribution >= 0.6 is 0 Å². The molecule has 5 rings (SSSR count). The van der Waals surface area contributed by atoms with Crippen LogP contribution in [0.15, 0.2) is 0 Å². The quantitative estimate of drug-likeness (QED) is 0.855. The molecule has 5 aliphatic rings. The van der Waals surface area contributed by atoms with E-state index in [1.54, 1.807) is 0 Å². The van der Waals surface area contributed by atoms with E-state index in [0.717, 1.165) is 30.8 Å². The van der Waals surface area contributed by atoms with E-state index in [0.29, 0.717) is 17.9 Å². The van der Waals surface area contributed by atoms with Crippen molar-refractivity contribution >= 4 is 5.91 Å². The number of nitrogens with one attached hydrogen (secondary N) is 1. The van der Waals surface area contributed by atoms with Crippen LogP contribution in [0.5, 0.6) is 0 Å². The number of rotatable bonds is 3. The van der Waals surface area contributed by atoms with Crippen molar-refractivity contribution in [1.29, 1.82) is 0 Å². The Morgan fingerprint density at radius 3 is 2.65 bits per heavy atom. The molecule has 2 bridgehead atoms. The van der Waals surface area contributed by atoms with Crippen LogP contribution in [0.1, 0.15) is 51.4 Å². The maximum absolute atomic E-state index is 12.5. The Morgan fingerprint density at radius 2 is 1.90 bits per heavy atom. The fraction of sp³-hybridized carbons (Fsp3) is 0.941. The van der Waals surface area contributed by atoms with Crippen molar-refractivity contribution in [2.45, 2.75) is 56.9 Å². The molecular weight excluding hydrogens is 248 g/mol. The van der Waals surface area contributed by atoms with Gasteiger partial charge in [0, 0.05) is 5.54 Å². The van der Waals surface area contributed by atoms with Crippen LogP contribution in [-0.2, 0) is 4.79 Å². The van der Waals surface area contributed by atoms with Crippen LogP contribution < -0.4 is 5.32 Å². The smallest absolute Gasteiger partial charge is 0.234 e. The van der Waals surface area contributed by atoms with E-state index in [1.807, 2.05) is 0 Å². The molecule has 1 amide bonds. The monoisotopic (exact) mass is 274 g/mol. The van der Waals surface area contributed by atoms with Gasteiger partial charge in [0.2, 0.25) is 5.91 Å². The first-order chi connectivity index (χ1) is 9.72. The second-order valence-electron chi connectivity index (χ2n) is 8.35. The minimum absolute atomic E-state index is 0.246. The predicted molar refractivity (Wildman–Crippen MR) is 77.2 cm³/mol. The molecule has 1 N–H and O–H groups in total. The van der Waals surface area contributed by atoms with Gasteiger partial charge in [0.05, 0.1) is 6.54 Å². The van der Waals surface area contributed by atoms with Crippen molar-refractivity contribution < 1.29 is 4.79 Å². The molecule has 5 atom stereocenters. The summed E-state index contributed by atoms with van der Waals surface area (Å²) < 4.78 is 0. The molecule has 0 aromatic rings. The van der Waals surface area contributed by atoms with Gasteiger partial charge in [-0.05, 0) is 81.2 Å². The molecule has 20 heavy (non-hydrogen) atoms. The first-order valence-electron chi connectivity index (χ1n) is 8.75. The fourth-order valence-corrected chi connectivity index (χ4v) is 7.03. The number of fused-ring (bicyclic) bond motifs is 1. The van der Waals surface area contributed by atoms with E-state index in [-0.39, 0.29) is 5.54 Å². The van der Waals surface area contributed by atoms with Crippen LogP contribution in [0, 0.1) is 23.2 Å². The van der Waals surface area contributed by atoms with Crippen molar-refractivity contribution in [3.05, 3.63) is 0 Å². The van der Waals surface area contributed by atoms with Gasteiger partial charge >= 0.3 is 0 Å². The largest absolute Gasteiger partial charge is 0.349 e. The number of carbonyl (C=O) groups excluding carboxylic acids is 1. The molecule has 5 unspecified atom stereocenters. The SMILES string of the molecule is O=C(CN1CCCCC1)NC12CC3CC4CC(C1)C42C3. The van der Waals surface area contributed by atoms with E-state index in [2.05, 4.69) is 10.2 Å². The van der Waals surface area contributed by atoms with Crippen LogP contribution in [-0.4, -0.2) is 36.0 Å². The molecule has 1 aliphatic heterocycles. The lowest BCUT2D eigenvalue weighted by atomic mass is 9.35. The Bertz CT molecular complexity index is 458. The van der Waals surface area contributed by atoms with Gasteiger partial charge in [-0.3, -0.25) is 9.69 Å². The Kier molecular flexibility index (Phi) is 2.28. The van der Waals surface area contributed by atoms with Gasteiger partial charge in [0.15, 0.2) is 0 Å². The third-order valence-electron chi connectivity index (χ3n) is 7.59. The summed E-state index contributed by atoms with van der Waals surface area (Å²) >= 11 is 0. The molecule has 1 heterocycles. The van der Waals surface area contributed by atoms with E-state index in [4.69, 9.17) is 0 Å². The molecular formula is C17H26N2O. The highest BCUT2D eigenvalue weighted by Gasteiger charge is 2.80. The zero-order valence-electron chi connectivity index (χ0n) is 12.4. The molecule has 4 saturated carbocycles. The van der Waals surface area contributed by atoms with Crippen LogP contribution in [0.25, 0.3) is 0 Å².